The molecule has 5 nitrogen and oxygen atoms in total. The lowest BCUT2D eigenvalue weighted by Gasteiger charge is -2.30. The summed E-state index contributed by atoms with van der Waals surface area (Å²) in [6, 6.07) is 21.4. The fourth-order valence-electron chi connectivity index (χ4n) is 3.88. The van der Waals surface area contributed by atoms with Crippen LogP contribution in [0.3, 0.4) is 0 Å². The van der Waals surface area contributed by atoms with Gasteiger partial charge in [0.05, 0.1) is 17.1 Å². The first-order valence-electron chi connectivity index (χ1n) is 10.7. The van der Waals surface area contributed by atoms with Gasteiger partial charge in [0.25, 0.3) is 0 Å². The molecule has 0 saturated carbocycles. The Morgan fingerprint density at radius 2 is 1.15 bits per heavy atom. The van der Waals surface area contributed by atoms with E-state index in [1.807, 2.05) is 75.1 Å². The molecule has 4 aromatic rings. The minimum atomic E-state index is 0.136. The number of rotatable bonds is 5. The van der Waals surface area contributed by atoms with Crippen molar-refractivity contribution in [2.75, 3.05) is 4.90 Å². The van der Waals surface area contributed by atoms with E-state index >= 15 is 0 Å². The van der Waals surface area contributed by atoms with E-state index in [0.29, 0.717) is 17.1 Å². The summed E-state index contributed by atoms with van der Waals surface area (Å²) in [4.78, 5) is 1.97. The summed E-state index contributed by atoms with van der Waals surface area (Å²) < 4.78 is 6.39. The maximum absolute atomic E-state index is 10.3. The van der Waals surface area contributed by atoms with Crippen molar-refractivity contribution in [2.24, 2.45) is 0 Å². The first kappa shape index (κ1) is 22.1. The second kappa shape index (κ2) is 8.79. The predicted octanol–water partition coefficient (Wildman–Crippen LogP) is 7.30. The highest BCUT2D eigenvalue weighted by Crippen LogP contribution is 2.46. The van der Waals surface area contributed by atoms with Crippen LogP contribution in [0.1, 0.15) is 22.3 Å². The lowest BCUT2D eigenvalue weighted by Crippen LogP contribution is -2.13. The van der Waals surface area contributed by atoms with Crippen LogP contribution in [0.5, 0.6) is 28.7 Å². The van der Waals surface area contributed by atoms with Crippen LogP contribution in [0.15, 0.2) is 72.8 Å². The largest absolute Gasteiger partial charge is 0.508 e. The fraction of sp³-hybridized carbons (Fsp3) is 0.143. The van der Waals surface area contributed by atoms with Gasteiger partial charge in [-0.3, -0.25) is 0 Å². The summed E-state index contributed by atoms with van der Waals surface area (Å²) in [6.07, 6.45) is 0. The van der Waals surface area contributed by atoms with Crippen LogP contribution in [0, 0.1) is 27.7 Å². The van der Waals surface area contributed by atoms with Gasteiger partial charge in [0.1, 0.15) is 23.0 Å². The summed E-state index contributed by atoms with van der Waals surface area (Å²) in [5.41, 5.74) is 5.66. The number of anilines is 3. The van der Waals surface area contributed by atoms with E-state index in [0.717, 1.165) is 33.8 Å². The third-order valence-electron chi connectivity index (χ3n) is 5.76. The number of benzene rings is 4. The molecule has 0 aliphatic heterocycles. The maximum atomic E-state index is 10.3. The Hall–Kier alpha value is -4.12. The molecule has 5 heteroatoms. The van der Waals surface area contributed by atoms with Gasteiger partial charge >= 0.3 is 0 Å². The number of nitrogens with zero attached hydrogens (tertiary/aromatic N) is 1. The average Bonchev–Trinajstić information content (AvgIpc) is 2.79. The maximum Gasteiger partial charge on any atom is 0.151 e. The van der Waals surface area contributed by atoms with Gasteiger partial charge in [0.15, 0.2) is 5.75 Å². The first-order chi connectivity index (χ1) is 15.8. The molecule has 0 heterocycles. The predicted molar refractivity (Wildman–Crippen MR) is 132 cm³/mol. The van der Waals surface area contributed by atoms with Gasteiger partial charge in [0.2, 0.25) is 0 Å². The van der Waals surface area contributed by atoms with Gasteiger partial charge in [-0.25, -0.2) is 0 Å². The van der Waals surface area contributed by atoms with E-state index in [2.05, 4.69) is 0 Å². The molecule has 0 aromatic heterocycles. The molecule has 4 aromatic carbocycles. The van der Waals surface area contributed by atoms with Crippen molar-refractivity contribution in [3.05, 3.63) is 95.1 Å². The monoisotopic (exact) mass is 441 g/mol. The van der Waals surface area contributed by atoms with E-state index in [-0.39, 0.29) is 17.2 Å². The molecule has 3 N–H and O–H groups in total. The molecular formula is C28H27NO4. The summed E-state index contributed by atoms with van der Waals surface area (Å²) in [5.74, 6) is 1.59. The average molecular weight is 442 g/mol. The number of ether oxygens (including phenoxy) is 1. The van der Waals surface area contributed by atoms with E-state index < -0.39 is 0 Å². The van der Waals surface area contributed by atoms with Crippen LogP contribution in [-0.2, 0) is 0 Å². The fourth-order valence-corrected chi connectivity index (χ4v) is 3.88. The Morgan fingerprint density at radius 3 is 1.76 bits per heavy atom. The number of hydrogen-bond acceptors (Lipinski definition) is 5. The summed E-state index contributed by atoms with van der Waals surface area (Å²) >= 11 is 0. The smallest absolute Gasteiger partial charge is 0.151 e. The summed E-state index contributed by atoms with van der Waals surface area (Å²) in [7, 11) is 0. The molecule has 0 aliphatic rings. The topological polar surface area (TPSA) is 73.2 Å². The Morgan fingerprint density at radius 1 is 0.606 bits per heavy atom. The third kappa shape index (κ3) is 4.30. The highest BCUT2D eigenvalue weighted by molar-refractivity contribution is 5.84. The van der Waals surface area contributed by atoms with Crippen LogP contribution < -0.4 is 9.64 Å². The number of aryl methyl sites for hydroxylation is 3. The van der Waals surface area contributed by atoms with Crippen molar-refractivity contribution in [3.8, 4) is 28.7 Å². The number of aromatic hydroxyl groups is 3. The van der Waals surface area contributed by atoms with E-state index in [9.17, 15) is 15.3 Å². The lowest BCUT2D eigenvalue weighted by molar-refractivity contribution is 0.446. The van der Waals surface area contributed by atoms with E-state index in [1.165, 1.54) is 0 Å². The minimum Gasteiger partial charge on any atom is -0.508 e. The molecule has 0 spiro atoms. The SMILES string of the molecule is Cc1ccc(O)cc1N(c1cc(O)ccc1C)c1ccccc1Oc1c(C)ccc(O)c1C. The van der Waals surface area contributed by atoms with Gasteiger partial charge in [-0.15, -0.1) is 0 Å². The number of hydrogen-bond donors (Lipinski definition) is 3. The second-order valence-corrected chi connectivity index (χ2v) is 8.20. The van der Waals surface area contributed by atoms with Crippen LogP contribution in [0.2, 0.25) is 0 Å². The Bertz CT molecular complexity index is 1280. The van der Waals surface area contributed by atoms with Crippen molar-refractivity contribution in [2.45, 2.75) is 27.7 Å². The van der Waals surface area contributed by atoms with Crippen molar-refractivity contribution in [1.82, 2.24) is 0 Å². The standard InChI is InChI=1S/C28H27NO4/c1-17-9-12-21(30)15-24(17)29(25-16-22(31)13-10-18(25)2)23-7-5-6-8-27(23)33-28-19(3)11-14-26(32)20(28)4/h5-16,30-32H,1-4H3. The molecule has 168 valence electrons. The second-order valence-electron chi connectivity index (χ2n) is 8.20. The van der Waals surface area contributed by atoms with Gasteiger partial charge in [0, 0.05) is 17.7 Å². The molecule has 4 rings (SSSR count). The highest BCUT2D eigenvalue weighted by atomic mass is 16.5. The van der Waals surface area contributed by atoms with Crippen molar-refractivity contribution in [3.63, 3.8) is 0 Å². The summed E-state index contributed by atoms with van der Waals surface area (Å²) in [6.45, 7) is 7.68. The molecule has 0 amide bonds. The molecule has 0 unspecified atom stereocenters. The first-order valence-corrected chi connectivity index (χ1v) is 10.7. The van der Waals surface area contributed by atoms with Gasteiger partial charge < -0.3 is 25.0 Å². The Labute approximate surface area is 193 Å². The van der Waals surface area contributed by atoms with Gasteiger partial charge in [-0.1, -0.05) is 30.3 Å². The Kier molecular flexibility index (Phi) is 5.88. The molecule has 0 atom stereocenters. The van der Waals surface area contributed by atoms with Gasteiger partial charge in [-0.2, -0.15) is 0 Å². The molecule has 0 bridgehead atoms. The Balaban J connectivity index is 1.96. The van der Waals surface area contributed by atoms with E-state index in [4.69, 9.17) is 4.74 Å². The summed E-state index contributed by atoms with van der Waals surface area (Å²) in [5, 5.41) is 30.8. The van der Waals surface area contributed by atoms with Crippen LogP contribution in [0.4, 0.5) is 17.1 Å². The van der Waals surface area contributed by atoms with Crippen molar-refractivity contribution >= 4 is 17.1 Å². The lowest BCUT2D eigenvalue weighted by atomic mass is 10.1. The zero-order valence-electron chi connectivity index (χ0n) is 19.1. The number of para-hydroxylation sites is 2. The van der Waals surface area contributed by atoms with Crippen molar-refractivity contribution in [1.29, 1.82) is 0 Å². The molecule has 0 fully saturated rings. The minimum absolute atomic E-state index is 0.136. The highest BCUT2D eigenvalue weighted by Gasteiger charge is 2.22. The quantitative estimate of drug-likeness (QED) is 0.303. The number of phenols is 3. The number of phenolic OH excluding ortho intramolecular Hbond substituents is 3. The van der Waals surface area contributed by atoms with Crippen LogP contribution in [-0.4, -0.2) is 15.3 Å². The van der Waals surface area contributed by atoms with Crippen LogP contribution in [0.25, 0.3) is 0 Å². The third-order valence-corrected chi connectivity index (χ3v) is 5.76. The van der Waals surface area contributed by atoms with Gasteiger partial charge in [-0.05, 0) is 74.7 Å². The van der Waals surface area contributed by atoms with Crippen LogP contribution >= 0.6 is 0 Å². The zero-order valence-corrected chi connectivity index (χ0v) is 19.1. The van der Waals surface area contributed by atoms with E-state index in [1.54, 1.807) is 30.3 Å². The molecule has 0 aliphatic carbocycles. The van der Waals surface area contributed by atoms with Crippen molar-refractivity contribution < 1.29 is 20.1 Å². The zero-order chi connectivity index (χ0) is 23.7. The molecule has 33 heavy (non-hydrogen) atoms. The normalized spacial score (nSPS) is 10.8. The molecular weight excluding hydrogens is 414 g/mol. The molecule has 0 saturated heterocycles. The molecule has 0 radical (unpaired) electrons.